The predicted octanol–water partition coefficient (Wildman–Crippen LogP) is 2.65. The number of carboxylic acid groups (broad SMARTS) is 1. The van der Waals surface area contributed by atoms with E-state index in [-0.39, 0.29) is 6.04 Å². The number of ether oxygens (including phenoxy) is 1. The Bertz CT molecular complexity index is 459. The Labute approximate surface area is 113 Å². The standard InChI is InChI=1S/C15H21NO3/c1-2-4-14(15(17)18)19-11-8-7-10-5-3-6-13(16)12(10)9-11/h7-9,13-14H,2-6,16H2,1H3,(H,17,18)/t13-,14?/m0/s1. The van der Waals surface area contributed by atoms with Crippen molar-refractivity contribution >= 4 is 5.97 Å². The molecule has 0 spiro atoms. The van der Waals surface area contributed by atoms with Gasteiger partial charge < -0.3 is 15.6 Å². The minimum Gasteiger partial charge on any atom is -0.479 e. The van der Waals surface area contributed by atoms with E-state index in [0.717, 1.165) is 31.2 Å². The van der Waals surface area contributed by atoms with Crippen molar-refractivity contribution in [3.8, 4) is 5.75 Å². The van der Waals surface area contributed by atoms with Crippen molar-refractivity contribution in [1.82, 2.24) is 0 Å². The van der Waals surface area contributed by atoms with Crippen molar-refractivity contribution < 1.29 is 14.6 Å². The third-order valence-electron chi connectivity index (χ3n) is 3.58. The van der Waals surface area contributed by atoms with Crippen molar-refractivity contribution in [3.63, 3.8) is 0 Å². The fourth-order valence-electron chi connectivity index (χ4n) is 2.55. The van der Waals surface area contributed by atoms with E-state index in [9.17, 15) is 4.79 Å². The number of hydrogen-bond acceptors (Lipinski definition) is 3. The van der Waals surface area contributed by atoms with Crippen molar-refractivity contribution in [3.05, 3.63) is 29.3 Å². The number of hydrogen-bond donors (Lipinski definition) is 2. The predicted molar refractivity (Wildman–Crippen MR) is 73.3 cm³/mol. The molecular formula is C15H21NO3. The Kier molecular flexibility index (Phi) is 4.43. The van der Waals surface area contributed by atoms with Gasteiger partial charge in [0.2, 0.25) is 0 Å². The summed E-state index contributed by atoms with van der Waals surface area (Å²) in [5.41, 5.74) is 8.45. The third-order valence-corrected chi connectivity index (χ3v) is 3.58. The molecule has 0 aliphatic heterocycles. The lowest BCUT2D eigenvalue weighted by molar-refractivity contribution is -0.145. The number of carboxylic acids is 1. The minimum absolute atomic E-state index is 0.0433. The van der Waals surface area contributed by atoms with Crippen LogP contribution in [-0.2, 0) is 11.2 Å². The smallest absolute Gasteiger partial charge is 0.344 e. The highest BCUT2D eigenvalue weighted by molar-refractivity contribution is 5.72. The second-order valence-electron chi connectivity index (χ2n) is 5.09. The van der Waals surface area contributed by atoms with Crippen LogP contribution in [0, 0.1) is 0 Å². The number of aliphatic carboxylic acids is 1. The van der Waals surface area contributed by atoms with Gasteiger partial charge in [0.25, 0.3) is 0 Å². The minimum atomic E-state index is -0.913. The molecule has 2 rings (SSSR count). The number of carbonyl (C=O) groups is 1. The van der Waals surface area contributed by atoms with Crippen LogP contribution in [-0.4, -0.2) is 17.2 Å². The molecule has 0 aromatic heterocycles. The first-order valence-corrected chi connectivity index (χ1v) is 6.89. The van der Waals surface area contributed by atoms with E-state index in [1.54, 1.807) is 0 Å². The zero-order chi connectivity index (χ0) is 13.8. The maximum absolute atomic E-state index is 11.1. The molecule has 4 nitrogen and oxygen atoms in total. The molecule has 0 fully saturated rings. The molecule has 3 N–H and O–H groups in total. The van der Waals surface area contributed by atoms with Gasteiger partial charge in [-0.3, -0.25) is 0 Å². The first-order chi connectivity index (χ1) is 9.11. The lowest BCUT2D eigenvalue weighted by Gasteiger charge is -2.23. The Hall–Kier alpha value is -1.55. The summed E-state index contributed by atoms with van der Waals surface area (Å²) in [6.07, 6.45) is 3.65. The van der Waals surface area contributed by atoms with E-state index in [0.29, 0.717) is 12.2 Å². The molecule has 0 radical (unpaired) electrons. The first kappa shape index (κ1) is 13.9. The molecule has 0 heterocycles. The van der Waals surface area contributed by atoms with Crippen LogP contribution in [0.15, 0.2) is 18.2 Å². The van der Waals surface area contributed by atoms with E-state index < -0.39 is 12.1 Å². The van der Waals surface area contributed by atoms with Crippen LogP contribution in [0.5, 0.6) is 5.75 Å². The van der Waals surface area contributed by atoms with Gasteiger partial charge in [0.1, 0.15) is 5.75 Å². The van der Waals surface area contributed by atoms with Crippen LogP contribution in [0.3, 0.4) is 0 Å². The molecule has 1 aromatic carbocycles. The average Bonchev–Trinajstić information content (AvgIpc) is 2.39. The van der Waals surface area contributed by atoms with Gasteiger partial charge in [0.15, 0.2) is 6.10 Å². The molecule has 104 valence electrons. The molecule has 1 aliphatic rings. The lowest BCUT2D eigenvalue weighted by Crippen LogP contribution is -2.27. The molecule has 1 unspecified atom stereocenters. The van der Waals surface area contributed by atoms with E-state index >= 15 is 0 Å². The average molecular weight is 263 g/mol. The van der Waals surface area contributed by atoms with Crippen molar-refractivity contribution in [2.24, 2.45) is 5.73 Å². The van der Waals surface area contributed by atoms with Crippen molar-refractivity contribution in [2.75, 3.05) is 0 Å². The second kappa shape index (κ2) is 6.06. The van der Waals surface area contributed by atoms with E-state index in [1.165, 1.54) is 5.56 Å². The Morgan fingerprint density at radius 2 is 2.37 bits per heavy atom. The Balaban J connectivity index is 2.17. The number of benzene rings is 1. The molecular weight excluding hydrogens is 242 g/mol. The van der Waals surface area contributed by atoms with Crippen LogP contribution in [0.2, 0.25) is 0 Å². The summed E-state index contributed by atoms with van der Waals surface area (Å²) >= 11 is 0. The van der Waals surface area contributed by atoms with Gasteiger partial charge in [-0.1, -0.05) is 19.4 Å². The lowest BCUT2D eigenvalue weighted by atomic mass is 9.88. The highest BCUT2D eigenvalue weighted by Crippen LogP contribution is 2.31. The Morgan fingerprint density at radius 1 is 1.58 bits per heavy atom. The van der Waals surface area contributed by atoms with Gasteiger partial charge in [-0.25, -0.2) is 4.79 Å². The van der Waals surface area contributed by atoms with E-state index in [4.69, 9.17) is 15.6 Å². The molecule has 1 aliphatic carbocycles. The summed E-state index contributed by atoms with van der Waals surface area (Å²) in [7, 11) is 0. The van der Waals surface area contributed by atoms with E-state index in [1.807, 2.05) is 25.1 Å². The van der Waals surface area contributed by atoms with Gasteiger partial charge in [-0.2, -0.15) is 0 Å². The number of fused-ring (bicyclic) bond motifs is 1. The van der Waals surface area contributed by atoms with Crippen LogP contribution >= 0.6 is 0 Å². The van der Waals surface area contributed by atoms with Gasteiger partial charge in [-0.05, 0) is 48.9 Å². The molecule has 1 aromatic rings. The summed E-state index contributed by atoms with van der Waals surface area (Å²) in [5, 5.41) is 9.11. The zero-order valence-electron chi connectivity index (χ0n) is 11.3. The van der Waals surface area contributed by atoms with Crippen LogP contribution in [0.1, 0.15) is 49.8 Å². The maximum Gasteiger partial charge on any atom is 0.344 e. The molecule has 0 saturated heterocycles. The topological polar surface area (TPSA) is 72.5 Å². The monoisotopic (exact) mass is 263 g/mol. The first-order valence-electron chi connectivity index (χ1n) is 6.89. The van der Waals surface area contributed by atoms with Crippen molar-refractivity contribution in [1.29, 1.82) is 0 Å². The highest BCUT2D eigenvalue weighted by Gasteiger charge is 2.21. The number of aryl methyl sites for hydroxylation is 1. The molecule has 4 heteroatoms. The van der Waals surface area contributed by atoms with E-state index in [2.05, 4.69) is 0 Å². The highest BCUT2D eigenvalue weighted by atomic mass is 16.5. The summed E-state index contributed by atoms with van der Waals surface area (Å²) in [5.74, 6) is -0.305. The van der Waals surface area contributed by atoms with Crippen LogP contribution in [0.4, 0.5) is 0 Å². The normalized spacial score (nSPS) is 19.6. The fraction of sp³-hybridized carbons (Fsp3) is 0.533. The van der Waals surface area contributed by atoms with Crippen LogP contribution in [0.25, 0.3) is 0 Å². The summed E-state index contributed by atoms with van der Waals surface area (Å²) in [6, 6.07) is 5.81. The molecule has 0 bridgehead atoms. The van der Waals surface area contributed by atoms with Gasteiger partial charge >= 0.3 is 5.97 Å². The van der Waals surface area contributed by atoms with Crippen LogP contribution < -0.4 is 10.5 Å². The summed E-state index contributed by atoms with van der Waals surface area (Å²) in [4.78, 5) is 11.1. The molecule has 19 heavy (non-hydrogen) atoms. The molecule has 0 amide bonds. The number of nitrogens with two attached hydrogens (primary N) is 1. The summed E-state index contributed by atoms with van der Waals surface area (Å²) < 4.78 is 5.58. The summed E-state index contributed by atoms with van der Waals surface area (Å²) in [6.45, 7) is 1.95. The Morgan fingerprint density at radius 3 is 3.05 bits per heavy atom. The van der Waals surface area contributed by atoms with Gasteiger partial charge in [0, 0.05) is 6.04 Å². The third kappa shape index (κ3) is 3.26. The van der Waals surface area contributed by atoms with Gasteiger partial charge in [-0.15, -0.1) is 0 Å². The zero-order valence-corrected chi connectivity index (χ0v) is 11.3. The van der Waals surface area contributed by atoms with Gasteiger partial charge in [0.05, 0.1) is 0 Å². The van der Waals surface area contributed by atoms with Crippen molar-refractivity contribution in [2.45, 2.75) is 51.2 Å². The molecule has 2 atom stereocenters. The largest absolute Gasteiger partial charge is 0.479 e. The fourth-order valence-corrected chi connectivity index (χ4v) is 2.55. The SMILES string of the molecule is CCCC(Oc1ccc2c(c1)[C@@H](N)CCC2)C(=O)O. The molecule has 0 saturated carbocycles. The number of rotatable bonds is 5. The quantitative estimate of drug-likeness (QED) is 0.856. The maximum atomic E-state index is 11.1. The second-order valence-corrected chi connectivity index (χ2v) is 5.09.